The zero-order valence-electron chi connectivity index (χ0n) is 10.8. The van der Waals surface area contributed by atoms with Crippen molar-refractivity contribution in [2.24, 2.45) is 0 Å². The summed E-state index contributed by atoms with van der Waals surface area (Å²) in [4.78, 5) is 17.7. The van der Waals surface area contributed by atoms with E-state index in [0.29, 0.717) is 6.42 Å². The number of hydrogen-bond acceptors (Lipinski definition) is 3. The maximum absolute atomic E-state index is 11.6. The lowest BCUT2D eigenvalue weighted by atomic mass is 10.1. The molecule has 0 aliphatic heterocycles. The number of benzene rings is 1. The van der Waals surface area contributed by atoms with Crippen LogP contribution in [-0.4, -0.2) is 29.9 Å². The first kappa shape index (κ1) is 12.8. The highest BCUT2D eigenvalue weighted by atomic mass is 32.1. The molecule has 4 heteroatoms. The first-order valence-corrected chi connectivity index (χ1v) is 6.66. The van der Waals surface area contributed by atoms with Gasteiger partial charge in [-0.15, -0.1) is 11.3 Å². The molecule has 2 rings (SSSR count). The van der Waals surface area contributed by atoms with Gasteiger partial charge in [0.25, 0.3) is 0 Å². The summed E-state index contributed by atoms with van der Waals surface area (Å²) in [6.07, 6.45) is 0.379. The highest BCUT2D eigenvalue weighted by molar-refractivity contribution is 7.10. The Morgan fingerprint density at radius 1 is 1.28 bits per heavy atom. The molecule has 0 aliphatic rings. The smallest absolute Gasteiger partial charge is 0.228 e. The Morgan fingerprint density at radius 3 is 2.56 bits per heavy atom. The largest absolute Gasteiger partial charge is 0.348 e. The summed E-state index contributed by atoms with van der Waals surface area (Å²) in [5, 5.41) is 2.87. The van der Waals surface area contributed by atoms with Gasteiger partial charge >= 0.3 is 0 Å². The molecule has 0 bridgehead atoms. The predicted octanol–water partition coefficient (Wildman–Crippen LogP) is 2.75. The molecule has 1 heterocycles. The van der Waals surface area contributed by atoms with Crippen LogP contribution in [0.25, 0.3) is 11.3 Å². The Kier molecular flexibility index (Phi) is 3.77. The summed E-state index contributed by atoms with van der Waals surface area (Å²) in [7, 11) is 3.52. The van der Waals surface area contributed by atoms with Gasteiger partial charge in [0.2, 0.25) is 5.91 Å². The Balaban J connectivity index is 2.15. The molecule has 0 spiro atoms. The Morgan fingerprint density at radius 2 is 1.94 bits per heavy atom. The number of likely N-dealkylation sites (N-methyl/N-ethyl adjacent to an activating group) is 1. The van der Waals surface area contributed by atoms with Crippen LogP contribution >= 0.6 is 11.3 Å². The molecule has 0 unspecified atom stereocenters. The van der Waals surface area contributed by atoms with E-state index in [2.05, 4.69) is 36.2 Å². The van der Waals surface area contributed by atoms with E-state index in [4.69, 9.17) is 0 Å². The quantitative estimate of drug-likeness (QED) is 0.850. The molecule has 0 radical (unpaired) electrons. The molecule has 1 aromatic carbocycles. The first-order valence-electron chi connectivity index (χ1n) is 5.78. The average molecular weight is 260 g/mol. The molecule has 0 fully saturated rings. The van der Waals surface area contributed by atoms with E-state index in [1.807, 2.05) is 5.38 Å². The second-order valence-electron chi connectivity index (χ2n) is 4.46. The normalized spacial score (nSPS) is 10.4. The lowest BCUT2D eigenvalue weighted by Gasteiger charge is -2.07. The topological polar surface area (TPSA) is 33.2 Å². The SMILES string of the molecule is Cc1ccc(-c2csc(CC(=O)N(C)C)n2)cc1. The van der Waals surface area contributed by atoms with Gasteiger partial charge in [0.1, 0.15) is 5.01 Å². The van der Waals surface area contributed by atoms with E-state index in [9.17, 15) is 4.79 Å². The van der Waals surface area contributed by atoms with Gasteiger partial charge in [-0.1, -0.05) is 29.8 Å². The number of carbonyl (C=O) groups is 1. The molecule has 0 saturated heterocycles. The maximum atomic E-state index is 11.6. The predicted molar refractivity (Wildman–Crippen MR) is 74.7 cm³/mol. The lowest BCUT2D eigenvalue weighted by Crippen LogP contribution is -2.23. The number of aryl methyl sites for hydroxylation is 1. The second-order valence-corrected chi connectivity index (χ2v) is 5.40. The number of nitrogens with zero attached hydrogens (tertiary/aromatic N) is 2. The molecule has 1 amide bonds. The van der Waals surface area contributed by atoms with Gasteiger partial charge in [-0.2, -0.15) is 0 Å². The van der Waals surface area contributed by atoms with Gasteiger partial charge in [0, 0.05) is 25.0 Å². The van der Waals surface area contributed by atoms with E-state index < -0.39 is 0 Å². The third-order valence-corrected chi connectivity index (χ3v) is 3.55. The van der Waals surface area contributed by atoms with Crippen LogP contribution in [0.5, 0.6) is 0 Å². The second kappa shape index (κ2) is 5.31. The lowest BCUT2D eigenvalue weighted by molar-refractivity contribution is -0.127. The van der Waals surface area contributed by atoms with Crippen molar-refractivity contribution >= 4 is 17.2 Å². The van der Waals surface area contributed by atoms with Crippen LogP contribution < -0.4 is 0 Å². The minimum absolute atomic E-state index is 0.0832. The molecule has 0 N–H and O–H groups in total. The zero-order chi connectivity index (χ0) is 13.1. The standard InChI is InChI=1S/C14H16N2OS/c1-10-4-6-11(7-5-10)12-9-18-13(15-12)8-14(17)16(2)3/h4-7,9H,8H2,1-3H3. The number of carbonyl (C=O) groups excluding carboxylic acids is 1. The maximum Gasteiger partial charge on any atom is 0.228 e. The monoisotopic (exact) mass is 260 g/mol. The molecule has 94 valence electrons. The summed E-state index contributed by atoms with van der Waals surface area (Å²) in [5.41, 5.74) is 3.28. The molecular weight excluding hydrogens is 244 g/mol. The van der Waals surface area contributed by atoms with Gasteiger partial charge in [-0.05, 0) is 6.92 Å². The average Bonchev–Trinajstić information content (AvgIpc) is 2.78. The van der Waals surface area contributed by atoms with Crippen LogP contribution in [0, 0.1) is 6.92 Å². The van der Waals surface area contributed by atoms with Crippen LogP contribution in [0.3, 0.4) is 0 Å². The van der Waals surface area contributed by atoms with Crippen molar-refractivity contribution in [1.29, 1.82) is 0 Å². The van der Waals surface area contributed by atoms with Crippen LogP contribution in [0.1, 0.15) is 10.6 Å². The van der Waals surface area contributed by atoms with Gasteiger partial charge < -0.3 is 4.90 Å². The van der Waals surface area contributed by atoms with Crippen LogP contribution in [-0.2, 0) is 11.2 Å². The van der Waals surface area contributed by atoms with E-state index in [1.165, 1.54) is 16.9 Å². The minimum Gasteiger partial charge on any atom is -0.348 e. The molecule has 3 nitrogen and oxygen atoms in total. The Bertz CT molecular complexity index is 543. The van der Waals surface area contributed by atoms with Crippen molar-refractivity contribution in [2.45, 2.75) is 13.3 Å². The molecule has 0 aliphatic carbocycles. The molecule has 0 saturated carbocycles. The number of thiazole rings is 1. The fraction of sp³-hybridized carbons (Fsp3) is 0.286. The third kappa shape index (κ3) is 2.96. The van der Waals surface area contributed by atoms with E-state index in [-0.39, 0.29) is 5.91 Å². The molecule has 1 aromatic heterocycles. The summed E-state index contributed by atoms with van der Waals surface area (Å²) in [5.74, 6) is 0.0832. The summed E-state index contributed by atoms with van der Waals surface area (Å²) in [6.45, 7) is 2.06. The fourth-order valence-electron chi connectivity index (χ4n) is 1.54. The highest BCUT2D eigenvalue weighted by Crippen LogP contribution is 2.22. The van der Waals surface area contributed by atoms with Crippen molar-refractivity contribution in [3.63, 3.8) is 0 Å². The van der Waals surface area contributed by atoms with Crippen molar-refractivity contribution in [1.82, 2.24) is 9.88 Å². The Hall–Kier alpha value is -1.68. The van der Waals surface area contributed by atoms with E-state index >= 15 is 0 Å². The van der Waals surface area contributed by atoms with E-state index in [1.54, 1.807) is 19.0 Å². The summed E-state index contributed by atoms with van der Waals surface area (Å²) >= 11 is 1.54. The number of rotatable bonds is 3. The molecule has 18 heavy (non-hydrogen) atoms. The van der Waals surface area contributed by atoms with Gasteiger partial charge in [-0.25, -0.2) is 4.98 Å². The molecule has 2 aromatic rings. The molecular formula is C14H16N2OS. The van der Waals surface area contributed by atoms with Gasteiger partial charge in [-0.3, -0.25) is 4.79 Å². The van der Waals surface area contributed by atoms with Crippen LogP contribution in [0.4, 0.5) is 0 Å². The first-order chi connectivity index (χ1) is 8.56. The van der Waals surface area contributed by atoms with Crippen LogP contribution in [0.15, 0.2) is 29.6 Å². The fourth-order valence-corrected chi connectivity index (χ4v) is 2.33. The number of aromatic nitrogens is 1. The van der Waals surface area contributed by atoms with Crippen molar-refractivity contribution < 1.29 is 4.79 Å². The summed E-state index contributed by atoms with van der Waals surface area (Å²) in [6, 6.07) is 8.25. The Labute approximate surface area is 111 Å². The third-order valence-electron chi connectivity index (χ3n) is 2.70. The van der Waals surface area contributed by atoms with Crippen molar-refractivity contribution in [2.75, 3.05) is 14.1 Å². The van der Waals surface area contributed by atoms with E-state index in [0.717, 1.165) is 16.3 Å². The van der Waals surface area contributed by atoms with Gasteiger partial charge in [0.15, 0.2) is 0 Å². The van der Waals surface area contributed by atoms with Crippen molar-refractivity contribution in [3.05, 3.63) is 40.2 Å². The highest BCUT2D eigenvalue weighted by Gasteiger charge is 2.10. The minimum atomic E-state index is 0.0832. The number of amides is 1. The summed E-state index contributed by atoms with van der Waals surface area (Å²) < 4.78 is 0. The van der Waals surface area contributed by atoms with Crippen molar-refractivity contribution in [3.8, 4) is 11.3 Å². The molecule has 0 atom stereocenters. The van der Waals surface area contributed by atoms with Crippen LogP contribution in [0.2, 0.25) is 0 Å². The zero-order valence-corrected chi connectivity index (χ0v) is 11.6. The number of hydrogen-bond donors (Lipinski definition) is 0. The van der Waals surface area contributed by atoms with Gasteiger partial charge in [0.05, 0.1) is 12.1 Å².